The molecule has 1 amide bonds. The molecule has 0 aliphatic heterocycles. The number of nitrogens with one attached hydrogen (secondary N) is 1. The number of halogens is 1. The van der Waals surface area contributed by atoms with Gasteiger partial charge in [-0.3, -0.25) is 4.79 Å². The van der Waals surface area contributed by atoms with Crippen LogP contribution in [0.1, 0.15) is 5.56 Å². The Kier molecular flexibility index (Phi) is 5.09. The third-order valence-corrected chi connectivity index (χ3v) is 4.32. The molecule has 20 heavy (non-hydrogen) atoms. The minimum absolute atomic E-state index is 0.0311. The zero-order valence-electron chi connectivity index (χ0n) is 11.0. The summed E-state index contributed by atoms with van der Waals surface area (Å²) in [7, 11) is 0. The van der Waals surface area contributed by atoms with Crippen molar-refractivity contribution < 1.29 is 4.79 Å². The van der Waals surface area contributed by atoms with Gasteiger partial charge in [-0.2, -0.15) is 0 Å². The fraction of sp³-hybridized carbons (Fsp3) is 0.133. The third kappa shape index (κ3) is 4.28. The van der Waals surface area contributed by atoms with Gasteiger partial charge in [-0.15, -0.1) is 11.8 Å². The Morgan fingerprint density at radius 1 is 1.25 bits per heavy atom. The van der Waals surface area contributed by atoms with E-state index in [1.54, 1.807) is 0 Å². The van der Waals surface area contributed by atoms with Crippen molar-refractivity contribution in [3.63, 3.8) is 0 Å². The van der Waals surface area contributed by atoms with E-state index in [0.29, 0.717) is 5.75 Å². The molecule has 0 unspecified atom stereocenters. The van der Waals surface area contributed by atoms with Crippen LogP contribution in [-0.4, -0.2) is 11.7 Å². The smallest absolute Gasteiger partial charge is 0.234 e. The minimum Gasteiger partial charge on any atom is -0.399 e. The molecule has 2 rings (SSSR count). The standard InChI is InChI=1S/C15H15BrN2OS/c1-10-2-7-14(13(16)8-10)18-15(19)9-20-12-5-3-11(17)4-6-12/h2-8H,9,17H2,1H3,(H,18,19). The number of amides is 1. The summed E-state index contributed by atoms with van der Waals surface area (Å²) in [6, 6.07) is 13.3. The molecule has 0 atom stereocenters. The van der Waals surface area contributed by atoms with Gasteiger partial charge < -0.3 is 11.1 Å². The summed E-state index contributed by atoms with van der Waals surface area (Å²) in [6.45, 7) is 2.01. The fourth-order valence-corrected chi connectivity index (χ4v) is 2.91. The maximum Gasteiger partial charge on any atom is 0.234 e. The first-order chi connectivity index (χ1) is 9.54. The molecule has 104 valence electrons. The normalized spacial score (nSPS) is 10.3. The summed E-state index contributed by atoms with van der Waals surface area (Å²) < 4.78 is 0.892. The average Bonchev–Trinajstić information content (AvgIpc) is 2.41. The van der Waals surface area contributed by atoms with E-state index in [1.165, 1.54) is 11.8 Å². The van der Waals surface area contributed by atoms with Crippen molar-refractivity contribution in [2.75, 3.05) is 16.8 Å². The number of nitrogen functional groups attached to an aromatic ring is 1. The van der Waals surface area contributed by atoms with E-state index in [4.69, 9.17) is 5.73 Å². The van der Waals surface area contributed by atoms with E-state index in [9.17, 15) is 4.79 Å². The van der Waals surface area contributed by atoms with Crippen LogP contribution in [0.2, 0.25) is 0 Å². The molecule has 3 nitrogen and oxygen atoms in total. The molecule has 0 aliphatic carbocycles. The molecular weight excluding hydrogens is 336 g/mol. The maximum atomic E-state index is 11.9. The molecule has 0 heterocycles. The molecule has 0 aliphatic rings. The molecule has 3 N–H and O–H groups in total. The van der Waals surface area contributed by atoms with Gasteiger partial charge in [0.25, 0.3) is 0 Å². The number of hydrogen-bond donors (Lipinski definition) is 2. The summed E-state index contributed by atoms with van der Waals surface area (Å²) >= 11 is 4.93. The second kappa shape index (κ2) is 6.81. The van der Waals surface area contributed by atoms with E-state index in [1.807, 2.05) is 49.4 Å². The Balaban J connectivity index is 1.90. The quantitative estimate of drug-likeness (QED) is 0.645. The lowest BCUT2D eigenvalue weighted by atomic mass is 10.2. The van der Waals surface area contributed by atoms with Crippen LogP contribution in [0.3, 0.4) is 0 Å². The number of carbonyl (C=O) groups excluding carboxylic acids is 1. The predicted octanol–water partition coefficient (Wildman–Crippen LogP) is 4.07. The number of carbonyl (C=O) groups is 1. The second-order valence-corrected chi connectivity index (χ2v) is 6.29. The lowest BCUT2D eigenvalue weighted by Crippen LogP contribution is -2.14. The highest BCUT2D eigenvalue weighted by Crippen LogP contribution is 2.24. The third-order valence-electron chi connectivity index (χ3n) is 2.65. The SMILES string of the molecule is Cc1ccc(NC(=O)CSc2ccc(N)cc2)c(Br)c1. The Morgan fingerprint density at radius 2 is 1.95 bits per heavy atom. The lowest BCUT2D eigenvalue weighted by Gasteiger charge is -2.08. The van der Waals surface area contributed by atoms with E-state index in [0.717, 1.165) is 26.3 Å². The van der Waals surface area contributed by atoms with Crippen LogP contribution < -0.4 is 11.1 Å². The largest absolute Gasteiger partial charge is 0.399 e. The number of benzene rings is 2. The summed E-state index contributed by atoms with van der Waals surface area (Å²) in [4.78, 5) is 12.9. The van der Waals surface area contributed by atoms with Gasteiger partial charge in [0.1, 0.15) is 0 Å². The molecule has 2 aromatic carbocycles. The molecule has 0 aromatic heterocycles. The van der Waals surface area contributed by atoms with Crippen molar-refractivity contribution in [1.82, 2.24) is 0 Å². The Hall–Kier alpha value is -1.46. The second-order valence-electron chi connectivity index (χ2n) is 4.39. The lowest BCUT2D eigenvalue weighted by molar-refractivity contribution is -0.113. The van der Waals surface area contributed by atoms with Crippen LogP contribution >= 0.6 is 27.7 Å². The van der Waals surface area contributed by atoms with Gasteiger partial charge in [-0.1, -0.05) is 6.07 Å². The van der Waals surface area contributed by atoms with Crippen molar-refractivity contribution in [3.05, 3.63) is 52.5 Å². The van der Waals surface area contributed by atoms with Crippen molar-refractivity contribution >= 4 is 45.0 Å². The van der Waals surface area contributed by atoms with Crippen LogP contribution in [0.15, 0.2) is 51.8 Å². The van der Waals surface area contributed by atoms with Crippen molar-refractivity contribution in [2.24, 2.45) is 0 Å². The van der Waals surface area contributed by atoms with Gasteiger partial charge in [-0.25, -0.2) is 0 Å². The van der Waals surface area contributed by atoms with Gasteiger partial charge in [0.05, 0.1) is 11.4 Å². The van der Waals surface area contributed by atoms with Crippen LogP contribution in [0.5, 0.6) is 0 Å². The van der Waals surface area contributed by atoms with Crippen LogP contribution in [0.25, 0.3) is 0 Å². The molecule has 0 fully saturated rings. The molecule has 0 spiro atoms. The van der Waals surface area contributed by atoms with Crippen LogP contribution in [0, 0.1) is 6.92 Å². The number of anilines is 2. The topological polar surface area (TPSA) is 55.1 Å². The van der Waals surface area contributed by atoms with E-state index in [-0.39, 0.29) is 5.91 Å². The minimum atomic E-state index is -0.0311. The van der Waals surface area contributed by atoms with Crippen molar-refractivity contribution in [1.29, 1.82) is 0 Å². The first kappa shape index (κ1) is 14.9. The summed E-state index contributed by atoms with van der Waals surface area (Å²) in [5.74, 6) is 0.334. The fourth-order valence-electron chi connectivity index (χ4n) is 1.62. The molecule has 0 saturated carbocycles. The Labute approximate surface area is 131 Å². The number of rotatable bonds is 4. The van der Waals surface area contributed by atoms with Gasteiger partial charge in [0.15, 0.2) is 0 Å². The summed E-state index contributed by atoms with van der Waals surface area (Å²) in [6.07, 6.45) is 0. The first-order valence-electron chi connectivity index (χ1n) is 6.09. The highest BCUT2D eigenvalue weighted by molar-refractivity contribution is 9.10. The van der Waals surface area contributed by atoms with Gasteiger partial charge in [0, 0.05) is 15.1 Å². The molecular formula is C15H15BrN2OS. The first-order valence-corrected chi connectivity index (χ1v) is 7.87. The Morgan fingerprint density at radius 3 is 2.60 bits per heavy atom. The number of nitrogens with two attached hydrogens (primary N) is 1. The Bertz CT molecular complexity index is 614. The van der Waals surface area contributed by atoms with Crippen molar-refractivity contribution in [2.45, 2.75) is 11.8 Å². The highest BCUT2D eigenvalue weighted by atomic mass is 79.9. The molecule has 2 aromatic rings. The number of hydrogen-bond acceptors (Lipinski definition) is 3. The number of aryl methyl sites for hydroxylation is 1. The van der Waals surface area contributed by atoms with Crippen LogP contribution in [-0.2, 0) is 4.79 Å². The van der Waals surface area contributed by atoms with Crippen molar-refractivity contribution in [3.8, 4) is 0 Å². The highest BCUT2D eigenvalue weighted by Gasteiger charge is 2.06. The van der Waals surface area contributed by atoms with Gasteiger partial charge in [-0.05, 0) is 64.8 Å². The number of thioether (sulfide) groups is 1. The zero-order valence-corrected chi connectivity index (χ0v) is 13.4. The van der Waals surface area contributed by atoms with Gasteiger partial charge in [0.2, 0.25) is 5.91 Å². The maximum absolute atomic E-state index is 11.9. The molecule has 0 saturated heterocycles. The van der Waals surface area contributed by atoms with Crippen LogP contribution in [0.4, 0.5) is 11.4 Å². The average molecular weight is 351 g/mol. The molecule has 0 radical (unpaired) electrons. The van der Waals surface area contributed by atoms with E-state index >= 15 is 0 Å². The van der Waals surface area contributed by atoms with E-state index in [2.05, 4.69) is 21.2 Å². The predicted molar refractivity (Wildman–Crippen MR) is 89.1 cm³/mol. The summed E-state index contributed by atoms with van der Waals surface area (Å²) in [5, 5.41) is 2.89. The monoisotopic (exact) mass is 350 g/mol. The van der Waals surface area contributed by atoms with Gasteiger partial charge >= 0.3 is 0 Å². The zero-order chi connectivity index (χ0) is 14.5. The molecule has 0 bridgehead atoms. The summed E-state index contributed by atoms with van der Waals surface area (Å²) in [5.41, 5.74) is 8.28. The molecule has 5 heteroatoms. The van der Waals surface area contributed by atoms with E-state index < -0.39 is 0 Å².